The molecule has 0 bridgehead atoms. The summed E-state index contributed by atoms with van der Waals surface area (Å²) in [6, 6.07) is 16.4. The van der Waals surface area contributed by atoms with E-state index in [-0.39, 0.29) is 11.4 Å². The third-order valence-corrected chi connectivity index (χ3v) is 7.20. The first-order valence-electron chi connectivity index (χ1n) is 13.3. The minimum Gasteiger partial charge on any atom is -0.437 e. The third kappa shape index (κ3) is 5.81. The highest BCUT2D eigenvalue weighted by Crippen LogP contribution is 2.42. The highest BCUT2D eigenvalue weighted by molar-refractivity contribution is 6.31. The Morgan fingerprint density at radius 2 is 1.21 bits per heavy atom. The molecule has 0 atom stereocenters. The molecule has 0 N–H and O–H groups in total. The van der Waals surface area contributed by atoms with E-state index in [9.17, 15) is 13.2 Å². The molecule has 2 heterocycles. The van der Waals surface area contributed by atoms with Crippen molar-refractivity contribution in [1.82, 2.24) is 19.9 Å². The van der Waals surface area contributed by atoms with Crippen LogP contribution >= 0.6 is 11.6 Å². The molecule has 2 aromatic heterocycles. The van der Waals surface area contributed by atoms with Crippen LogP contribution in [0.2, 0.25) is 5.02 Å². The standard InChI is InChI=1S/C33H24ClF3N4O2/c1-17-9-18(2)32(28(10-17)43-30-16-38-26-13-21(33(35,36)37)5-7-24(26)41-30)31-19(3)11-23(12-20(31)4)42-29-15-39-27-14-22(34)6-8-25(27)40-29/h5-16H,1-4H3. The van der Waals surface area contributed by atoms with Gasteiger partial charge in [0.25, 0.3) is 0 Å². The number of ether oxygens (including phenoxy) is 2. The maximum Gasteiger partial charge on any atom is 0.416 e. The Kier molecular flexibility index (Phi) is 7.14. The summed E-state index contributed by atoms with van der Waals surface area (Å²) in [5, 5.41) is 0.583. The summed E-state index contributed by atoms with van der Waals surface area (Å²) < 4.78 is 51.8. The molecule has 6 rings (SSSR count). The summed E-state index contributed by atoms with van der Waals surface area (Å²) in [6.07, 6.45) is -1.58. The van der Waals surface area contributed by atoms with Crippen molar-refractivity contribution in [2.24, 2.45) is 0 Å². The summed E-state index contributed by atoms with van der Waals surface area (Å²) in [5.74, 6) is 1.68. The van der Waals surface area contributed by atoms with E-state index in [1.165, 1.54) is 12.3 Å². The van der Waals surface area contributed by atoms with Crippen molar-refractivity contribution in [2.75, 3.05) is 0 Å². The van der Waals surface area contributed by atoms with Crippen LogP contribution in [0.5, 0.6) is 23.3 Å². The quantitative estimate of drug-likeness (QED) is 0.196. The maximum atomic E-state index is 13.1. The van der Waals surface area contributed by atoms with Gasteiger partial charge in [0.2, 0.25) is 11.8 Å². The van der Waals surface area contributed by atoms with Crippen LogP contribution in [0.15, 0.2) is 73.1 Å². The summed E-state index contributed by atoms with van der Waals surface area (Å²) in [7, 11) is 0. The van der Waals surface area contributed by atoms with Crippen molar-refractivity contribution in [1.29, 1.82) is 0 Å². The average Bonchev–Trinajstić information content (AvgIpc) is 2.93. The first-order valence-corrected chi connectivity index (χ1v) is 13.7. The minimum atomic E-state index is -4.47. The lowest BCUT2D eigenvalue weighted by atomic mass is 9.90. The molecule has 6 aromatic rings. The number of aromatic nitrogens is 4. The van der Waals surface area contributed by atoms with Gasteiger partial charge in [0.05, 0.1) is 40.0 Å². The minimum absolute atomic E-state index is 0.130. The maximum absolute atomic E-state index is 13.1. The second-order valence-corrected chi connectivity index (χ2v) is 10.8. The molecule has 43 heavy (non-hydrogen) atoms. The molecular weight excluding hydrogens is 577 g/mol. The molecule has 0 amide bonds. The zero-order valence-corrected chi connectivity index (χ0v) is 24.3. The molecule has 10 heteroatoms. The van der Waals surface area contributed by atoms with E-state index in [0.717, 1.165) is 45.5 Å². The Morgan fingerprint density at radius 3 is 1.86 bits per heavy atom. The summed E-state index contributed by atoms with van der Waals surface area (Å²) in [4.78, 5) is 17.6. The van der Waals surface area contributed by atoms with Gasteiger partial charge in [0.1, 0.15) is 11.5 Å². The van der Waals surface area contributed by atoms with Gasteiger partial charge in [-0.25, -0.2) is 19.9 Å². The van der Waals surface area contributed by atoms with E-state index < -0.39 is 11.7 Å². The Morgan fingerprint density at radius 1 is 0.628 bits per heavy atom. The third-order valence-electron chi connectivity index (χ3n) is 6.97. The number of hydrogen-bond donors (Lipinski definition) is 0. The van der Waals surface area contributed by atoms with E-state index in [2.05, 4.69) is 26.0 Å². The average molecular weight is 601 g/mol. The van der Waals surface area contributed by atoms with Crippen LogP contribution in [-0.2, 0) is 6.18 Å². The molecule has 0 aliphatic rings. The lowest BCUT2D eigenvalue weighted by Crippen LogP contribution is -2.05. The van der Waals surface area contributed by atoms with Crippen LogP contribution in [0.4, 0.5) is 13.2 Å². The van der Waals surface area contributed by atoms with Gasteiger partial charge >= 0.3 is 6.18 Å². The highest BCUT2D eigenvalue weighted by Gasteiger charge is 2.30. The van der Waals surface area contributed by atoms with E-state index in [1.807, 2.05) is 45.9 Å². The highest BCUT2D eigenvalue weighted by atomic mass is 35.5. The van der Waals surface area contributed by atoms with Crippen molar-refractivity contribution < 1.29 is 22.6 Å². The van der Waals surface area contributed by atoms with Gasteiger partial charge in [0, 0.05) is 10.6 Å². The monoisotopic (exact) mass is 600 g/mol. The van der Waals surface area contributed by atoms with Crippen molar-refractivity contribution in [3.8, 4) is 34.4 Å². The number of nitrogens with zero attached hydrogens (tertiary/aromatic N) is 4. The molecule has 0 fully saturated rings. The molecule has 0 spiro atoms. The number of benzene rings is 4. The predicted molar refractivity (Wildman–Crippen MR) is 160 cm³/mol. The molecule has 216 valence electrons. The second kappa shape index (κ2) is 10.8. The van der Waals surface area contributed by atoms with Crippen molar-refractivity contribution in [3.05, 3.63) is 106 Å². The van der Waals surface area contributed by atoms with Gasteiger partial charge in [-0.15, -0.1) is 0 Å². The van der Waals surface area contributed by atoms with E-state index >= 15 is 0 Å². The van der Waals surface area contributed by atoms with Gasteiger partial charge in [-0.1, -0.05) is 17.7 Å². The van der Waals surface area contributed by atoms with Gasteiger partial charge in [-0.2, -0.15) is 13.2 Å². The zero-order chi connectivity index (χ0) is 30.5. The Balaban J connectivity index is 1.34. The van der Waals surface area contributed by atoms with Gasteiger partial charge in [0.15, 0.2) is 0 Å². The molecule has 0 unspecified atom stereocenters. The van der Waals surface area contributed by atoms with E-state index in [1.54, 1.807) is 24.4 Å². The zero-order valence-electron chi connectivity index (χ0n) is 23.5. The molecule has 0 aliphatic heterocycles. The number of halogens is 4. The first-order chi connectivity index (χ1) is 20.4. The van der Waals surface area contributed by atoms with E-state index in [4.69, 9.17) is 21.1 Å². The fourth-order valence-corrected chi connectivity index (χ4v) is 5.34. The van der Waals surface area contributed by atoms with Crippen molar-refractivity contribution in [2.45, 2.75) is 33.9 Å². The molecule has 4 aromatic carbocycles. The summed E-state index contributed by atoms with van der Waals surface area (Å²) in [5.41, 5.74) is 6.66. The summed E-state index contributed by atoms with van der Waals surface area (Å²) >= 11 is 6.06. The first kappa shape index (κ1) is 28.4. The van der Waals surface area contributed by atoms with Crippen LogP contribution in [0.25, 0.3) is 33.2 Å². The molecule has 0 saturated heterocycles. The number of hydrogen-bond acceptors (Lipinski definition) is 6. The predicted octanol–water partition coefficient (Wildman–Crippen LogP) is 9.73. The number of aryl methyl sites for hydroxylation is 4. The summed E-state index contributed by atoms with van der Waals surface area (Å²) in [6.45, 7) is 7.94. The SMILES string of the molecule is Cc1cc(C)c(-c2c(C)cc(Oc3cnc4cc(Cl)ccc4n3)cc2C)c(Oc2cnc3cc(C(F)(F)F)ccc3n2)c1. The smallest absolute Gasteiger partial charge is 0.416 e. The normalized spacial score (nSPS) is 11.7. The second-order valence-electron chi connectivity index (χ2n) is 10.3. The molecule has 0 aliphatic carbocycles. The van der Waals surface area contributed by atoms with Crippen LogP contribution < -0.4 is 9.47 Å². The topological polar surface area (TPSA) is 70.0 Å². The number of fused-ring (bicyclic) bond motifs is 2. The molecular formula is C33H24ClF3N4O2. The fourth-order valence-electron chi connectivity index (χ4n) is 5.18. The van der Waals surface area contributed by atoms with Gasteiger partial charge < -0.3 is 9.47 Å². The van der Waals surface area contributed by atoms with Crippen LogP contribution in [0, 0.1) is 27.7 Å². The Labute approximate surface area is 250 Å². The van der Waals surface area contributed by atoms with Gasteiger partial charge in [-0.3, -0.25) is 0 Å². The number of alkyl halides is 3. The lowest BCUT2D eigenvalue weighted by molar-refractivity contribution is -0.137. The fraction of sp³-hybridized carbons (Fsp3) is 0.152. The lowest BCUT2D eigenvalue weighted by Gasteiger charge is -2.19. The van der Waals surface area contributed by atoms with Crippen LogP contribution in [-0.4, -0.2) is 19.9 Å². The Hall–Kier alpha value is -4.76. The number of rotatable bonds is 5. The molecule has 6 nitrogen and oxygen atoms in total. The van der Waals surface area contributed by atoms with Crippen molar-refractivity contribution >= 4 is 33.7 Å². The molecule has 0 saturated carbocycles. The van der Waals surface area contributed by atoms with Gasteiger partial charge in [-0.05, 0) is 110 Å². The van der Waals surface area contributed by atoms with Crippen molar-refractivity contribution in [3.63, 3.8) is 0 Å². The van der Waals surface area contributed by atoms with E-state index in [0.29, 0.717) is 39.0 Å². The van der Waals surface area contributed by atoms with Crippen LogP contribution in [0.3, 0.4) is 0 Å². The van der Waals surface area contributed by atoms with Crippen LogP contribution in [0.1, 0.15) is 27.8 Å². The largest absolute Gasteiger partial charge is 0.437 e. The Bertz CT molecular complexity index is 2020. The molecule has 0 radical (unpaired) electrons.